The van der Waals surface area contributed by atoms with Crippen molar-refractivity contribution in [2.45, 2.75) is 58.0 Å². The first-order valence-corrected chi connectivity index (χ1v) is 9.79. The first-order chi connectivity index (χ1) is 13.6. The fourth-order valence-corrected chi connectivity index (χ4v) is 3.89. The van der Waals surface area contributed by atoms with Crippen LogP contribution in [0.4, 0.5) is 0 Å². The van der Waals surface area contributed by atoms with Crippen LogP contribution in [0.3, 0.4) is 0 Å². The summed E-state index contributed by atoms with van der Waals surface area (Å²) in [7, 11) is 0. The third-order valence-corrected chi connectivity index (χ3v) is 5.58. The Morgan fingerprint density at radius 3 is 2.61 bits per heavy atom. The van der Waals surface area contributed by atoms with Gasteiger partial charge in [0.2, 0.25) is 0 Å². The minimum Gasteiger partial charge on any atom is -0.488 e. The van der Waals surface area contributed by atoms with E-state index in [0.717, 1.165) is 42.7 Å². The molecule has 2 aliphatic rings. The van der Waals surface area contributed by atoms with Crippen molar-refractivity contribution < 1.29 is 23.5 Å². The second kappa shape index (κ2) is 7.93. The van der Waals surface area contributed by atoms with Crippen LogP contribution >= 0.6 is 0 Å². The van der Waals surface area contributed by atoms with Crippen molar-refractivity contribution in [2.75, 3.05) is 13.2 Å². The van der Waals surface area contributed by atoms with Crippen LogP contribution in [0.15, 0.2) is 28.8 Å². The van der Waals surface area contributed by atoms with Gasteiger partial charge in [-0.15, -0.1) is 0 Å². The molecular weight excluding hydrogens is 360 g/mol. The Kier molecular flexibility index (Phi) is 5.37. The van der Waals surface area contributed by atoms with Gasteiger partial charge >= 0.3 is 0 Å². The molecule has 7 heteroatoms. The highest BCUT2D eigenvalue weighted by molar-refractivity contribution is 5.97. The Morgan fingerprint density at radius 2 is 1.93 bits per heavy atom. The van der Waals surface area contributed by atoms with Gasteiger partial charge in [-0.2, -0.15) is 0 Å². The smallest absolute Gasteiger partial charge is 0.255 e. The van der Waals surface area contributed by atoms with Crippen molar-refractivity contribution in [2.24, 2.45) is 0 Å². The molecule has 2 aromatic rings. The number of ether oxygens (including phenoxy) is 3. The molecule has 0 bridgehead atoms. The number of hydrogen-bond acceptors (Lipinski definition) is 6. The summed E-state index contributed by atoms with van der Waals surface area (Å²) < 4.78 is 22.6. The maximum atomic E-state index is 12.9. The summed E-state index contributed by atoms with van der Waals surface area (Å²) >= 11 is 0. The van der Waals surface area contributed by atoms with E-state index in [9.17, 15) is 4.79 Å². The molecule has 28 heavy (non-hydrogen) atoms. The lowest BCUT2D eigenvalue weighted by molar-refractivity contribution is -0.179. The minimum absolute atomic E-state index is 0.113. The lowest BCUT2D eigenvalue weighted by Crippen LogP contribution is -2.44. The second-order valence-corrected chi connectivity index (χ2v) is 7.44. The van der Waals surface area contributed by atoms with E-state index in [2.05, 4.69) is 10.5 Å². The summed E-state index contributed by atoms with van der Waals surface area (Å²) in [4.78, 5) is 12.9. The molecule has 150 valence electrons. The van der Waals surface area contributed by atoms with Crippen LogP contribution in [-0.2, 0) is 16.1 Å². The molecule has 2 heterocycles. The van der Waals surface area contributed by atoms with Gasteiger partial charge in [0.05, 0.1) is 30.0 Å². The van der Waals surface area contributed by atoms with Gasteiger partial charge in [0.1, 0.15) is 18.1 Å². The highest BCUT2D eigenvalue weighted by Gasteiger charge is 2.40. The molecule has 0 radical (unpaired) electrons. The first kappa shape index (κ1) is 19.0. The number of para-hydroxylation sites is 1. The number of carbonyl (C=O) groups is 1. The topological polar surface area (TPSA) is 82.8 Å². The second-order valence-electron chi connectivity index (χ2n) is 7.44. The quantitative estimate of drug-likeness (QED) is 0.849. The van der Waals surface area contributed by atoms with E-state index >= 15 is 0 Å². The molecule has 1 aromatic heterocycles. The highest BCUT2D eigenvalue weighted by atomic mass is 16.7. The van der Waals surface area contributed by atoms with Crippen molar-refractivity contribution in [1.82, 2.24) is 10.5 Å². The summed E-state index contributed by atoms with van der Waals surface area (Å²) in [5.41, 5.74) is 2.24. The number of hydrogen-bond donors (Lipinski definition) is 1. The van der Waals surface area contributed by atoms with Gasteiger partial charge in [0.25, 0.3) is 5.91 Å². The van der Waals surface area contributed by atoms with Gasteiger partial charge in [-0.1, -0.05) is 17.3 Å². The highest BCUT2D eigenvalue weighted by Crippen LogP contribution is 2.36. The average molecular weight is 386 g/mol. The predicted molar refractivity (Wildman–Crippen MR) is 101 cm³/mol. The van der Waals surface area contributed by atoms with Gasteiger partial charge in [0, 0.05) is 18.9 Å². The summed E-state index contributed by atoms with van der Waals surface area (Å²) in [6.45, 7) is 5.36. The summed E-state index contributed by atoms with van der Waals surface area (Å²) in [5.74, 6) is 0.738. The van der Waals surface area contributed by atoms with Gasteiger partial charge in [0.15, 0.2) is 5.79 Å². The maximum Gasteiger partial charge on any atom is 0.255 e. The van der Waals surface area contributed by atoms with Crippen molar-refractivity contribution in [3.8, 4) is 5.75 Å². The van der Waals surface area contributed by atoms with E-state index in [4.69, 9.17) is 18.7 Å². The molecule has 2 fully saturated rings. The zero-order valence-electron chi connectivity index (χ0n) is 16.3. The average Bonchev–Trinajstić information content (AvgIpc) is 3.29. The standard InChI is InChI=1S/C21H26N2O5/c1-14-18(15(2)28-23-14)13-25-19-6-4-3-5-17(19)20(24)22-16-7-9-21(10-8-16)26-11-12-27-21/h3-6,16H,7-13H2,1-2H3,(H,22,24). The van der Waals surface area contributed by atoms with Crippen LogP contribution in [-0.4, -0.2) is 36.1 Å². The Morgan fingerprint density at radius 1 is 1.21 bits per heavy atom. The molecule has 1 spiro atoms. The van der Waals surface area contributed by atoms with Crippen molar-refractivity contribution >= 4 is 5.91 Å². The Bertz CT molecular complexity index is 812. The van der Waals surface area contributed by atoms with Crippen LogP contribution in [0.5, 0.6) is 5.75 Å². The van der Waals surface area contributed by atoms with E-state index in [1.165, 1.54) is 0 Å². The monoisotopic (exact) mass is 386 g/mol. The molecule has 1 saturated heterocycles. The molecule has 1 aliphatic heterocycles. The zero-order valence-corrected chi connectivity index (χ0v) is 16.3. The van der Waals surface area contributed by atoms with Crippen LogP contribution < -0.4 is 10.1 Å². The lowest BCUT2D eigenvalue weighted by Gasteiger charge is -2.35. The molecule has 7 nitrogen and oxygen atoms in total. The van der Waals surface area contributed by atoms with Gasteiger partial charge in [-0.25, -0.2) is 0 Å². The molecular formula is C21H26N2O5. The normalized spacial score (nSPS) is 19.1. The molecule has 1 amide bonds. The molecule has 1 N–H and O–H groups in total. The third kappa shape index (κ3) is 3.91. The fourth-order valence-electron chi connectivity index (χ4n) is 3.89. The van der Waals surface area contributed by atoms with E-state index in [-0.39, 0.29) is 11.9 Å². The van der Waals surface area contributed by atoms with Crippen LogP contribution in [0, 0.1) is 13.8 Å². The molecule has 4 rings (SSSR count). The summed E-state index contributed by atoms with van der Waals surface area (Å²) in [6, 6.07) is 7.41. The number of rotatable bonds is 5. The Labute approximate surface area is 164 Å². The van der Waals surface area contributed by atoms with Crippen LogP contribution in [0.1, 0.15) is 53.1 Å². The Hall–Kier alpha value is -2.38. The molecule has 1 aromatic carbocycles. The Balaban J connectivity index is 1.38. The van der Waals surface area contributed by atoms with E-state index in [1.807, 2.05) is 32.0 Å². The number of nitrogens with one attached hydrogen (secondary N) is 1. The molecule has 1 aliphatic carbocycles. The largest absolute Gasteiger partial charge is 0.488 e. The van der Waals surface area contributed by atoms with Crippen molar-refractivity contribution in [3.05, 3.63) is 46.8 Å². The van der Waals surface area contributed by atoms with E-state index in [0.29, 0.717) is 31.1 Å². The number of aryl methyl sites for hydroxylation is 2. The van der Waals surface area contributed by atoms with E-state index in [1.54, 1.807) is 6.07 Å². The van der Waals surface area contributed by atoms with Crippen LogP contribution in [0.2, 0.25) is 0 Å². The molecule has 0 unspecified atom stereocenters. The number of benzene rings is 1. The lowest BCUT2D eigenvalue weighted by atomic mass is 9.90. The number of aromatic nitrogens is 1. The predicted octanol–water partition coefficient (Wildman–Crippen LogP) is 3.29. The number of nitrogens with zero attached hydrogens (tertiary/aromatic N) is 1. The number of amides is 1. The van der Waals surface area contributed by atoms with Crippen LogP contribution in [0.25, 0.3) is 0 Å². The molecule has 0 atom stereocenters. The van der Waals surface area contributed by atoms with Gasteiger partial charge < -0.3 is 24.1 Å². The number of carbonyl (C=O) groups excluding carboxylic acids is 1. The molecule has 1 saturated carbocycles. The zero-order chi connectivity index (χ0) is 19.6. The summed E-state index contributed by atoms with van der Waals surface area (Å²) in [5, 5.41) is 7.08. The maximum absolute atomic E-state index is 12.9. The first-order valence-electron chi connectivity index (χ1n) is 9.79. The SMILES string of the molecule is Cc1noc(C)c1COc1ccccc1C(=O)NC1CCC2(CC1)OCCO2. The van der Waals surface area contributed by atoms with Crippen molar-refractivity contribution in [1.29, 1.82) is 0 Å². The van der Waals surface area contributed by atoms with Gasteiger partial charge in [-0.05, 0) is 38.8 Å². The fraction of sp³-hybridized carbons (Fsp3) is 0.524. The van der Waals surface area contributed by atoms with E-state index < -0.39 is 5.79 Å². The van der Waals surface area contributed by atoms with Crippen molar-refractivity contribution in [3.63, 3.8) is 0 Å². The van der Waals surface area contributed by atoms with Gasteiger partial charge in [-0.3, -0.25) is 4.79 Å². The third-order valence-electron chi connectivity index (χ3n) is 5.58. The minimum atomic E-state index is -0.420. The summed E-state index contributed by atoms with van der Waals surface area (Å²) in [6.07, 6.45) is 3.30.